The molecule has 0 fully saturated rings. The molecule has 140 valence electrons. The average molecular weight is 377 g/mol. The van der Waals surface area contributed by atoms with Gasteiger partial charge >= 0.3 is 6.18 Å². The van der Waals surface area contributed by atoms with Crippen molar-refractivity contribution in [2.75, 3.05) is 11.4 Å². The number of alkyl halides is 3. The van der Waals surface area contributed by atoms with E-state index < -0.39 is 11.7 Å². The Morgan fingerprint density at radius 1 is 0.786 bits per heavy atom. The van der Waals surface area contributed by atoms with Crippen LogP contribution in [0, 0.1) is 11.8 Å². The van der Waals surface area contributed by atoms with Crippen LogP contribution >= 0.6 is 0 Å². The van der Waals surface area contributed by atoms with E-state index in [4.69, 9.17) is 0 Å². The zero-order chi connectivity index (χ0) is 19.6. The number of hydrogen-bond acceptors (Lipinski definition) is 1. The minimum absolute atomic E-state index is 0.401. The highest BCUT2D eigenvalue weighted by molar-refractivity contribution is 5.64. The monoisotopic (exact) mass is 377 g/mol. The molecular weight excluding hydrogens is 359 g/mol. The van der Waals surface area contributed by atoms with Gasteiger partial charge in [0.05, 0.1) is 11.3 Å². The first kappa shape index (κ1) is 18.2. The fourth-order valence-electron chi connectivity index (χ4n) is 3.45. The van der Waals surface area contributed by atoms with Crippen LogP contribution in [-0.2, 0) is 19.1 Å². The summed E-state index contributed by atoms with van der Waals surface area (Å²) >= 11 is 0. The maximum Gasteiger partial charge on any atom is 0.416 e. The maximum absolute atomic E-state index is 13.2. The third-order valence-corrected chi connectivity index (χ3v) is 4.91. The van der Waals surface area contributed by atoms with Gasteiger partial charge < -0.3 is 4.90 Å². The molecule has 4 heteroatoms. The summed E-state index contributed by atoms with van der Waals surface area (Å²) in [5, 5.41) is 0. The molecule has 0 bridgehead atoms. The summed E-state index contributed by atoms with van der Waals surface area (Å²) in [6.07, 6.45) is -3.53. The summed E-state index contributed by atoms with van der Waals surface area (Å²) in [6, 6.07) is 21.3. The molecule has 0 aromatic heterocycles. The van der Waals surface area contributed by atoms with E-state index in [1.807, 2.05) is 42.5 Å². The van der Waals surface area contributed by atoms with E-state index in [9.17, 15) is 13.2 Å². The van der Waals surface area contributed by atoms with Crippen LogP contribution in [0.1, 0.15) is 27.8 Å². The molecule has 3 aromatic rings. The summed E-state index contributed by atoms with van der Waals surface area (Å²) in [4.78, 5) is 2.11. The first-order valence-corrected chi connectivity index (χ1v) is 9.11. The van der Waals surface area contributed by atoms with E-state index in [0.29, 0.717) is 12.1 Å². The fourth-order valence-corrected chi connectivity index (χ4v) is 3.45. The van der Waals surface area contributed by atoms with Crippen molar-refractivity contribution in [3.05, 3.63) is 101 Å². The SMILES string of the molecule is FC(F)(F)c1ccc(N2CCc3ccccc3C2)c(C#Cc2ccccc2)c1. The van der Waals surface area contributed by atoms with Crippen LogP contribution in [0.5, 0.6) is 0 Å². The van der Waals surface area contributed by atoms with Gasteiger partial charge in [-0.25, -0.2) is 0 Å². The minimum Gasteiger partial charge on any atom is -0.366 e. The Balaban J connectivity index is 1.74. The quantitative estimate of drug-likeness (QED) is 0.494. The molecule has 28 heavy (non-hydrogen) atoms. The Morgan fingerprint density at radius 3 is 2.25 bits per heavy atom. The molecule has 0 radical (unpaired) electrons. The smallest absolute Gasteiger partial charge is 0.366 e. The van der Waals surface area contributed by atoms with E-state index in [1.54, 1.807) is 6.07 Å². The molecule has 1 heterocycles. The molecule has 0 saturated carbocycles. The van der Waals surface area contributed by atoms with Crippen molar-refractivity contribution in [3.63, 3.8) is 0 Å². The fraction of sp³-hybridized carbons (Fsp3) is 0.167. The molecule has 0 aliphatic carbocycles. The zero-order valence-electron chi connectivity index (χ0n) is 15.1. The van der Waals surface area contributed by atoms with Gasteiger partial charge in [-0.05, 0) is 47.9 Å². The Labute approximate surface area is 162 Å². The zero-order valence-corrected chi connectivity index (χ0v) is 15.1. The number of hydrogen-bond donors (Lipinski definition) is 0. The second-order valence-electron chi connectivity index (χ2n) is 6.79. The van der Waals surface area contributed by atoms with Crippen LogP contribution in [0.15, 0.2) is 72.8 Å². The van der Waals surface area contributed by atoms with Gasteiger partial charge in [0.1, 0.15) is 0 Å². The van der Waals surface area contributed by atoms with Gasteiger partial charge in [0.25, 0.3) is 0 Å². The molecule has 0 spiro atoms. The Morgan fingerprint density at radius 2 is 1.50 bits per heavy atom. The van der Waals surface area contributed by atoms with E-state index in [1.165, 1.54) is 11.1 Å². The molecule has 1 aliphatic heterocycles. The highest BCUT2D eigenvalue weighted by Crippen LogP contribution is 2.34. The number of rotatable bonds is 1. The van der Waals surface area contributed by atoms with Gasteiger partial charge in [-0.2, -0.15) is 13.2 Å². The van der Waals surface area contributed by atoms with Crippen molar-refractivity contribution in [2.24, 2.45) is 0 Å². The molecule has 1 nitrogen and oxygen atoms in total. The topological polar surface area (TPSA) is 3.24 Å². The predicted octanol–water partition coefficient (Wildman–Crippen LogP) is 5.67. The van der Waals surface area contributed by atoms with E-state index >= 15 is 0 Å². The van der Waals surface area contributed by atoms with Gasteiger partial charge in [0, 0.05) is 24.2 Å². The van der Waals surface area contributed by atoms with Crippen LogP contribution in [0.2, 0.25) is 0 Å². The summed E-state index contributed by atoms with van der Waals surface area (Å²) in [6.45, 7) is 1.42. The second kappa shape index (κ2) is 7.44. The number of benzene rings is 3. The first-order valence-electron chi connectivity index (χ1n) is 9.11. The van der Waals surface area contributed by atoms with Gasteiger partial charge in [-0.15, -0.1) is 0 Å². The molecule has 0 unspecified atom stereocenters. The first-order chi connectivity index (χ1) is 13.5. The van der Waals surface area contributed by atoms with Crippen molar-refractivity contribution in [3.8, 4) is 11.8 Å². The van der Waals surface area contributed by atoms with E-state index in [2.05, 4.69) is 28.9 Å². The molecule has 3 aromatic carbocycles. The van der Waals surface area contributed by atoms with Crippen molar-refractivity contribution in [1.29, 1.82) is 0 Å². The van der Waals surface area contributed by atoms with Crippen LogP contribution < -0.4 is 4.90 Å². The van der Waals surface area contributed by atoms with Crippen molar-refractivity contribution in [1.82, 2.24) is 0 Å². The summed E-state index contributed by atoms with van der Waals surface area (Å²) in [7, 11) is 0. The van der Waals surface area contributed by atoms with E-state index in [0.717, 1.165) is 36.3 Å². The number of fused-ring (bicyclic) bond motifs is 1. The molecule has 0 amide bonds. The lowest BCUT2D eigenvalue weighted by Gasteiger charge is -2.31. The summed E-state index contributed by atoms with van der Waals surface area (Å²) < 4.78 is 39.7. The van der Waals surface area contributed by atoms with Crippen LogP contribution in [0.4, 0.5) is 18.9 Å². The summed E-state index contributed by atoms with van der Waals surface area (Å²) in [5.41, 5.74) is 3.74. The molecular formula is C24H18F3N. The predicted molar refractivity (Wildman–Crippen MR) is 105 cm³/mol. The van der Waals surface area contributed by atoms with Gasteiger partial charge in [-0.1, -0.05) is 54.3 Å². The van der Waals surface area contributed by atoms with Crippen LogP contribution in [0.25, 0.3) is 0 Å². The maximum atomic E-state index is 13.2. The lowest BCUT2D eigenvalue weighted by molar-refractivity contribution is -0.137. The number of anilines is 1. The molecule has 4 rings (SSSR count). The Kier molecular flexibility index (Phi) is 4.83. The molecule has 1 aliphatic rings. The molecule has 0 saturated heterocycles. The highest BCUT2D eigenvalue weighted by Gasteiger charge is 2.31. The van der Waals surface area contributed by atoms with Crippen LogP contribution in [0.3, 0.4) is 0 Å². The van der Waals surface area contributed by atoms with Crippen molar-refractivity contribution in [2.45, 2.75) is 19.1 Å². The van der Waals surface area contributed by atoms with Crippen molar-refractivity contribution < 1.29 is 13.2 Å². The molecule has 0 atom stereocenters. The number of halogens is 3. The second-order valence-corrected chi connectivity index (χ2v) is 6.79. The van der Waals surface area contributed by atoms with Gasteiger partial charge in [-0.3, -0.25) is 0 Å². The van der Waals surface area contributed by atoms with Gasteiger partial charge in [0.2, 0.25) is 0 Å². The van der Waals surface area contributed by atoms with Crippen molar-refractivity contribution >= 4 is 5.69 Å². The average Bonchev–Trinajstić information content (AvgIpc) is 2.72. The number of nitrogens with zero attached hydrogens (tertiary/aromatic N) is 1. The largest absolute Gasteiger partial charge is 0.416 e. The highest BCUT2D eigenvalue weighted by atomic mass is 19.4. The summed E-state index contributed by atoms with van der Waals surface area (Å²) in [5.74, 6) is 5.97. The standard InChI is InChI=1S/C24H18F3N/c25-24(26,27)22-12-13-23(20(16-22)11-10-18-6-2-1-3-7-18)28-15-14-19-8-4-5-9-21(19)17-28/h1-9,12-13,16H,14-15,17H2. The normalized spacial score (nSPS) is 13.5. The third-order valence-electron chi connectivity index (χ3n) is 4.91. The Bertz CT molecular complexity index is 1040. The van der Waals surface area contributed by atoms with Crippen LogP contribution in [-0.4, -0.2) is 6.54 Å². The third kappa shape index (κ3) is 3.89. The lowest BCUT2D eigenvalue weighted by atomic mass is 9.98. The van der Waals surface area contributed by atoms with E-state index in [-0.39, 0.29) is 0 Å². The lowest BCUT2D eigenvalue weighted by Crippen LogP contribution is -2.31. The Hall–Kier alpha value is -3.19. The molecule has 0 N–H and O–H groups in total. The van der Waals surface area contributed by atoms with Gasteiger partial charge in [0.15, 0.2) is 0 Å². The minimum atomic E-state index is -4.39.